The number of halogens is 1. The van der Waals surface area contributed by atoms with Gasteiger partial charge >= 0.3 is 5.97 Å². The molecule has 0 bridgehead atoms. The molecular weight excluding hydrogens is 297 g/mol. The smallest absolute Gasteiger partial charge is 0.336 e. The minimum Gasteiger partial charge on any atom is -0.487 e. The first-order valence-electron chi connectivity index (χ1n) is 7.33. The third kappa shape index (κ3) is 2.90. The highest BCUT2D eigenvalue weighted by molar-refractivity contribution is 6.03. The number of aromatic carboxylic acids is 1. The molecular formula is C18H16FNO3. The number of hydrogen-bond donors (Lipinski definition) is 1. The van der Waals surface area contributed by atoms with E-state index in [1.807, 2.05) is 23.6 Å². The Morgan fingerprint density at radius 1 is 1.22 bits per heavy atom. The zero-order valence-electron chi connectivity index (χ0n) is 12.6. The molecule has 0 atom stereocenters. The van der Waals surface area contributed by atoms with E-state index in [4.69, 9.17) is 4.74 Å². The minimum absolute atomic E-state index is 0.241. The van der Waals surface area contributed by atoms with Crippen molar-refractivity contribution in [2.75, 3.05) is 0 Å². The van der Waals surface area contributed by atoms with Crippen molar-refractivity contribution in [2.45, 2.75) is 20.1 Å². The second-order valence-electron chi connectivity index (χ2n) is 5.17. The normalized spacial score (nSPS) is 10.9. The summed E-state index contributed by atoms with van der Waals surface area (Å²) >= 11 is 0. The second-order valence-corrected chi connectivity index (χ2v) is 5.17. The zero-order chi connectivity index (χ0) is 16.4. The number of hydrogen-bond acceptors (Lipinski definition) is 2. The number of carboxylic acid groups (broad SMARTS) is 1. The number of carboxylic acids is 1. The predicted molar refractivity (Wildman–Crippen MR) is 85.3 cm³/mol. The number of rotatable bonds is 5. The first-order valence-corrected chi connectivity index (χ1v) is 7.33. The molecule has 1 N–H and O–H groups in total. The van der Waals surface area contributed by atoms with Crippen LogP contribution in [0.2, 0.25) is 0 Å². The van der Waals surface area contributed by atoms with E-state index in [-0.39, 0.29) is 18.0 Å². The van der Waals surface area contributed by atoms with E-state index in [0.717, 1.165) is 11.2 Å². The standard InChI is InChI=1S/C18H16FNO3/c1-2-20-13(11-23-14-6-3-5-12(19)9-14)10-16-15(18(21)22)7-4-8-17(16)20/h3-10H,2,11H2,1H3,(H,21,22). The van der Waals surface area contributed by atoms with Crippen LogP contribution >= 0.6 is 0 Å². The van der Waals surface area contributed by atoms with Crippen LogP contribution in [0, 0.1) is 5.82 Å². The molecule has 23 heavy (non-hydrogen) atoms. The van der Waals surface area contributed by atoms with Gasteiger partial charge in [-0.15, -0.1) is 0 Å². The van der Waals surface area contributed by atoms with Gasteiger partial charge in [-0.05, 0) is 37.3 Å². The molecule has 0 radical (unpaired) electrons. The van der Waals surface area contributed by atoms with E-state index in [2.05, 4.69) is 0 Å². The van der Waals surface area contributed by atoms with E-state index in [1.54, 1.807) is 24.3 Å². The van der Waals surface area contributed by atoms with Crippen LogP contribution in [0.15, 0.2) is 48.5 Å². The molecule has 1 heterocycles. The van der Waals surface area contributed by atoms with E-state index >= 15 is 0 Å². The molecule has 1 aromatic heterocycles. The average Bonchev–Trinajstić information content (AvgIpc) is 2.90. The van der Waals surface area contributed by atoms with Crippen molar-refractivity contribution in [2.24, 2.45) is 0 Å². The average molecular weight is 313 g/mol. The van der Waals surface area contributed by atoms with Gasteiger partial charge in [0.1, 0.15) is 18.2 Å². The molecule has 0 saturated heterocycles. The highest BCUT2D eigenvalue weighted by Gasteiger charge is 2.14. The van der Waals surface area contributed by atoms with E-state index < -0.39 is 5.97 Å². The third-order valence-corrected chi connectivity index (χ3v) is 3.76. The SMILES string of the molecule is CCn1c(COc2cccc(F)c2)cc2c(C(=O)O)cccc21. The molecule has 5 heteroatoms. The summed E-state index contributed by atoms with van der Waals surface area (Å²) in [4.78, 5) is 11.4. The summed E-state index contributed by atoms with van der Waals surface area (Å²) < 4.78 is 20.8. The largest absolute Gasteiger partial charge is 0.487 e. The van der Waals surface area contributed by atoms with Crippen molar-refractivity contribution < 1.29 is 19.0 Å². The van der Waals surface area contributed by atoms with Gasteiger partial charge in [0.2, 0.25) is 0 Å². The Morgan fingerprint density at radius 3 is 2.70 bits per heavy atom. The van der Waals surface area contributed by atoms with Gasteiger partial charge in [-0.2, -0.15) is 0 Å². The Hall–Kier alpha value is -2.82. The summed E-state index contributed by atoms with van der Waals surface area (Å²) in [6, 6.07) is 13.0. The Bertz CT molecular complexity index is 870. The van der Waals surface area contributed by atoms with Gasteiger partial charge in [-0.1, -0.05) is 12.1 Å². The van der Waals surface area contributed by atoms with Crippen molar-refractivity contribution in [3.05, 3.63) is 65.6 Å². The van der Waals surface area contributed by atoms with Crippen LogP contribution in [-0.4, -0.2) is 15.6 Å². The second kappa shape index (κ2) is 6.12. The molecule has 4 nitrogen and oxygen atoms in total. The fraction of sp³-hybridized carbons (Fsp3) is 0.167. The number of aryl methyl sites for hydroxylation is 1. The van der Waals surface area contributed by atoms with Gasteiger partial charge in [-0.25, -0.2) is 9.18 Å². The number of fused-ring (bicyclic) bond motifs is 1. The van der Waals surface area contributed by atoms with E-state index in [1.165, 1.54) is 12.1 Å². The zero-order valence-corrected chi connectivity index (χ0v) is 12.6. The van der Waals surface area contributed by atoms with Gasteiger partial charge in [-0.3, -0.25) is 0 Å². The first-order chi connectivity index (χ1) is 11.1. The molecule has 0 fully saturated rings. The van der Waals surface area contributed by atoms with Crippen LogP contribution in [0.4, 0.5) is 4.39 Å². The van der Waals surface area contributed by atoms with E-state index in [9.17, 15) is 14.3 Å². The maximum atomic E-state index is 13.2. The molecule has 3 rings (SSSR count). The Labute approximate surface area is 132 Å². The maximum Gasteiger partial charge on any atom is 0.336 e. The van der Waals surface area contributed by atoms with Gasteiger partial charge < -0.3 is 14.4 Å². The minimum atomic E-state index is -0.957. The van der Waals surface area contributed by atoms with Crippen molar-refractivity contribution in [3.63, 3.8) is 0 Å². The molecule has 0 amide bonds. The molecule has 0 saturated carbocycles. The van der Waals surface area contributed by atoms with Crippen LogP contribution in [0.1, 0.15) is 23.0 Å². The third-order valence-electron chi connectivity index (χ3n) is 3.76. The molecule has 0 spiro atoms. The Kier molecular flexibility index (Phi) is 4.02. The molecule has 118 valence electrons. The van der Waals surface area contributed by atoms with Crippen LogP contribution in [0.5, 0.6) is 5.75 Å². The van der Waals surface area contributed by atoms with Crippen LogP contribution in [0.25, 0.3) is 10.9 Å². The molecule has 0 aliphatic rings. The van der Waals surface area contributed by atoms with Crippen LogP contribution in [-0.2, 0) is 13.2 Å². The van der Waals surface area contributed by atoms with Crippen LogP contribution < -0.4 is 4.74 Å². The van der Waals surface area contributed by atoms with Gasteiger partial charge in [0.05, 0.1) is 11.3 Å². The van der Waals surface area contributed by atoms with E-state index in [0.29, 0.717) is 17.7 Å². The number of aromatic nitrogens is 1. The molecule has 0 aliphatic heterocycles. The highest BCUT2D eigenvalue weighted by atomic mass is 19.1. The molecule has 0 aliphatic carbocycles. The van der Waals surface area contributed by atoms with Gasteiger partial charge in [0, 0.05) is 23.5 Å². The lowest BCUT2D eigenvalue weighted by atomic mass is 10.1. The fourth-order valence-electron chi connectivity index (χ4n) is 2.73. The van der Waals surface area contributed by atoms with Crippen molar-refractivity contribution >= 4 is 16.9 Å². The summed E-state index contributed by atoms with van der Waals surface area (Å²) in [6.45, 7) is 2.91. The predicted octanol–water partition coefficient (Wildman–Crippen LogP) is 4.08. The number of nitrogens with zero attached hydrogens (tertiary/aromatic N) is 1. The van der Waals surface area contributed by atoms with Gasteiger partial charge in [0.15, 0.2) is 0 Å². The first kappa shape index (κ1) is 15.1. The Morgan fingerprint density at radius 2 is 2.00 bits per heavy atom. The number of benzene rings is 2. The van der Waals surface area contributed by atoms with Crippen molar-refractivity contribution in [1.82, 2.24) is 4.57 Å². The summed E-state index contributed by atoms with van der Waals surface area (Å²) in [5.74, 6) is -0.871. The lowest BCUT2D eigenvalue weighted by Gasteiger charge is -2.10. The van der Waals surface area contributed by atoms with Crippen molar-refractivity contribution in [1.29, 1.82) is 0 Å². The molecule has 2 aromatic carbocycles. The number of carbonyl (C=O) groups is 1. The lowest BCUT2D eigenvalue weighted by Crippen LogP contribution is -2.04. The van der Waals surface area contributed by atoms with Crippen LogP contribution in [0.3, 0.4) is 0 Å². The number of ether oxygens (including phenoxy) is 1. The Balaban J connectivity index is 1.97. The highest BCUT2D eigenvalue weighted by Crippen LogP contribution is 2.25. The quantitative estimate of drug-likeness (QED) is 0.772. The van der Waals surface area contributed by atoms with Gasteiger partial charge in [0.25, 0.3) is 0 Å². The van der Waals surface area contributed by atoms with Crippen molar-refractivity contribution in [3.8, 4) is 5.75 Å². The summed E-state index contributed by atoms with van der Waals surface area (Å²) in [5.41, 5.74) is 1.97. The fourth-order valence-corrected chi connectivity index (χ4v) is 2.73. The maximum absolute atomic E-state index is 13.2. The summed E-state index contributed by atoms with van der Waals surface area (Å²) in [5, 5.41) is 9.99. The molecule has 3 aromatic rings. The lowest BCUT2D eigenvalue weighted by molar-refractivity contribution is 0.0699. The summed E-state index contributed by atoms with van der Waals surface area (Å²) in [6.07, 6.45) is 0. The molecule has 0 unspecified atom stereocenters. The topological polar surface area (TPSA) is 51.5 Å². The monoisotopic (exact) mass is 313 g/mol. The summed E-state index contributed by atoms with van der Waals surface area (Å²) in [7, 11) is 0.